The Kier molecular flexibility index (Phi) is 1.76. The Labute approximate surface area is 82.4 Å². The SMILES string of the molecule is C#CC(C)N1C(=O)N=C(N)C12CNC2. The van der Waals surface area contributed by atoms with Gasteiger partial charge in [-0.2, -0.15) is 4.99 Å². The maximum Gasteiger partial charge on any atom is 0.347 e. The smallest absolute Gasteiger partial charge is 0.347 e. The summed E-state index contributed by atoms with van der Waals surface area (Å²) in [6.07, 6.45) is 5.30. The monoisotopic (exact) mass is 192 g/mol. The van der Waals surface area contributed by atoms with E-state index in [2.05, 4.69) is 16.2 Å². The van der Waals surface area contributed by atoms with Gasteiger partial charge in [0, 0.05) is 13.1 Å². The van der Waals surface area contributed by atoms with Crippen molar-refractivity contribution in [1.29, 1.82) is 0 Å². The second-order valence-electron chi connectivity index (χ2n) is 3.63. The summed E-state index contributed by atoms with van der Waals surface area (Å²) in [5, 5.41) is 3.08. The van der Waals surface area contributed by atoms with Crippen LogP contribution in [0.15, 0.2) is 4.99 Å². The number of nitrogens with one attached hydrogen (secondary N) is 1. The molecule has 1 saturated heterocycles. The van der Waals surface area contributed by atoms with Crippen LogP contribution in [0.25, 0.3) is 0 Å². The normalized spacial score (nSPS) is 25.6. The number of amides is 2. The van der Waals surface area contributed by atoms with Gasteiger partial charge in [-0.15, -0.1) is 6.42 Å². The summed E-state index contributed by atoms with van der Waals surface area (Å²) < 4.78 is 0. The van der Waals surface area contributed by atoms with E-state index in [1.165, 1.54) is 0 Å². The third kappa shape index (κ3) is 0.888. The number of hydrogen-bond donors (Lipinski definition) is 2. The van der Waals surface area contributed by atoms with Crippen LogP contribution >= 0.6 is 0 Å². The van der Waals surface area contributed by atoms with Crippen LogP contribution in [0, 0.1) is 12.3 Å². The Morgan fingerprint density at radius 1 is 1.79 bits per heavy atom. The van der Waals surface area contributed by atoms with Crippen molar-refractivity contribution in [3.8, 4) is 12.3 Å². The van der Waals surface area contributed by atoms with E-state index in [-0.39, 0.29) is 12.1 Å². The molecule has 1 spiro atoms. The lowest BCUT2D eigenvalue weighted by Gasteiger charge is -2.46. The number of terminal acetylenes is 1. The van der Waals surface area contributed by atoms with Crippen molar-refractivity contribution in [2.24, 2.45) is 10.7 Å². The van der Waals surface area contributed by atoms with Crippen molar-refractivity contribution in [2.45, 2.75) is 18.5 Å². The van der Waals surface area contributed by atoms with Gasteiger partial charge in [-0.3, -0.25) is 4.90 Å². The minimum absolute atomic E-state index is 0.269. The molecule has 0 radical (unpaired) electrons. The molecule has 2 rings (SSSR count). The van der Waals surface area contributed by atoms with E-state index in [1.54, 1.807) is 11.8 Å². The molecule has 3 N–H and O–H groups in total. The lowest BCUT2D eigenvalue weighted by molar-refractivity contribution is 0.121. The van der Waals surface area contributed by atoms with Gasteiger partial charge in [0.05, 0.1) is 6.04 Å². The highest BCUT2D eigenvalue weighted by Crippen LogP contribution is 2.29. The molecule has 1 atom stereocenters. The Morgan fingerprint density at radius 2 is 2.43 bits per heavy atom. The van der Waals surface area contributed by atoms with Crippen LogP contribution in [0.4, 0.5) is 4.79 Å². The van der Waals surface area contributed by atoms with Crippen LogP contribution < -0.4 is 11.1 Å². The van der Waals surface area contributed by atoms with Gasteiger partial charge >= 0.3 is 6.03 Å². The van der Waals surface area contributed by atoms with Gasteiger partial charge in [0.25, 0.3) is 0 Å². The van der Waals surface area contributed by atoms with Crippen LogP contribution in [-0.4, -0.2) is 41.4 Å². The number of nitrogens with zero attached hydrogens (tertiary/aromatic N) is 2. The summed E-state index contributed by atoms with van der Waals surface area (Å²) in [5.41, 5.74) is 5.27. The molecule has 1 fully saturated rings. The summed E-state index contributed by atoms with van der Waals surface area (Å²) in [4.78, 5) is 16.9. The summed E-state index contributed by atoms with van der Waals surface area (Å²) >= 11 is 0. The molecule has 74 valence electrons. The summed E-state index contributed by atoms with van der Waals surface area (Å²) in [5.74, 6) is 2.91. The van der Waals surface area contributed by atoms with Crippen molar-refractivity contribution in [2.75, 3.05) is 13.1 Å². The van der Waals surface area contributed by atoms with Gasteiger partial charge in [-0.25, -0.2) is 4.79 Å². The Morgan fingerprint density at radius 3 is 2.86 bits per heavy atom. The Balaban J connectivity index is 2.34. The Bertz CT molecular complexity index is 350. The minimum atomic E-state index is -0.455. The fourth-order valence-electron chi connectivity index (χ4n) is 1.89. The number of carbonyl (C=O) groups is 1. The maximum absolute atomic E-state index is 11.5. The number of amidine groups is 1. The first kappa shape index (κ1) is 9.03. The highest BCUT2D eigenvalue weighted by atomic mass is 16.2. The van der Waals surface area contributed by atoms with Crippen LogP contribution in [-0.2, 0) is 0 Å². The van der Waals surface area contributed by atoms with E-state index in [4.69, 9.17) is 12.2 Å². The molecular formula is C9H12N4O. The number of urea groups is 1. The molecule has 1 unspecified atom stereocenters. The van der Waals surface area contributed by atoms with Gasteiger partial charge in [0.2, 0.25) is 0 Å². The molecule has 0 aromatic heterocycles. The van der Waals surface area contributed by atoms with E-state index in [9.17, 15) is 4.79 Å². The lowest BCUT2D eigenvalue weighted by Crippen LogP contribution is -2.73. The molecular weight excluding hydrogens is 180 g/mol. The molecule has 2 aliphatic heterocycles. The van der Waals surface area contributed by atoms with Gasteiger partial charge < -0.3 is 11.1 Å². The zero-order chi connectivity index (χ0) is 10.3. The maximum atomic E-state index is 11.5. The molecule has 0 aromatic rings. The van der Waals surface area contributed by atoms with Crippen molar-refractivity contribution in [3.05, 3.63) is 0 Å². The molecule has 0 bridgehead atoms. The van der Waals surface area contributed by atoms with Crippen LogP contribution in [0.5, 0.6) is 0 Å². The zero-order valence-electron chi connectivity index (χ0n) is 7.95. The number of aliphatic imine (C=N–C) groups is 1. The molecule has 14 heavy (non-hydrogen) atoms. The molecule has 2 heterocycles. The summed E-state index contributed by atoms with van der Waals surface area (Å²) in [7, 11) is 0. The predicted molar refractivity (Wildman–Crippen MR) is 52.8 cm³/mol. The predicted octanol–water partition coefficient (Wildman–Crippen LogP) is -0.857. The van der Waals surface area contributed by atoms with Gasteiger partial charge in [-0.05, 0) is 6.92 Å². The molecule has 5 nitrogen and oxygen atoms in total. The molecule has 5 heteroatoms. The quantitative estimate of drug-likeness (QED) is 0.531. The molecule has 0 aromatic carbocycles. The van der Waals surface area contributed by atoms with Gasteiger partial charge in [-0.1, -0.05) is 5.92 Å². The van der Waals surface area contributed by atoms with Crippen LogP contribution in [0.3, 0.4) is 0 Å². The molecule has 0 aliphatic carbocycles. The molecule has 2 aliphatic rings. The fraction of sp³-hybridized carbons (Fsp3) is 0.556. The summed E-state index contributed by atoms with van der Waals surface area (Å²) in [6.45, 7) is 3.08. The Hall–Kier alpha value is -1.54. The average Bonchev–Trinajstić information content (AvgIpc) is 2.34. The van der Waals surface area contributed by atoms with Gasteiger partial charge in [0.1, 0.15) is 11.4 Å². The molecule has 0 saturated carbocycles. The number of carbonyl (C=O) groups excluding carboxylic acids is 1. The second-order valence-corrected chi connectivity index (χ2v) is 3.63. The van der Waals surface area contributed by atoms with Crippen molar-refractivity contribution in [1.82, 2.24) is 10.2 Å². The van der Waals surface area contributed by atoms with Crippen molar-refractivity contribution < 1.29 is 4.79 Å². The van der Waals surface area contributed by atoms with Gasteiger partial charge in [0.15, 0.2) is 0 Å². The van der Waals surface area contributed by atoms with Crippen LogP contribution in [0.2, 0.25) is 0 Å². The second kappa shape index (κ2) is 2.72. The van der Waals surface area contributed by atoms with E-state index in [0.29, 0.717) is 18.9 Å². The molecule has 2 amide bonds. The standard InChI is InChI=1S/C9H12N4O/c1-3-6(2)13-8(14)12-7(10)9(13)4-11-5-9/h1,6,11H,4-5H2,2H3,(H2,10,12,14). The zero-order valence-corrected chi connectivity index (χ0v) is 7.95. The topological polar surface area (TPSA) is 70.7 Å². The number of rotatable bonds is 1. The highest BCUT2D eigenvalue weighted by molar-refractivity contribution is 6.07. The first-order valence-corrected chi connectivity index (χ1v) is 4.46. The third-order valence-corrected chi connectivity index (χ3v) is 2.82. The van der Waals surface area contributed by atoms with E-state index >= 15 is 0 Å². The minimum Gasteiger partial charge on any atom is -0.385 e. The van der Waals surface area contributed by atoms with E-state index < -0.39 is 5.54 Å². The van der Waals surface area contributed by atoms with Crippen molar-refractivity contribution in [3.63, 3.8) is 0 Å². The summed E-state index contributed by atoms with van der Waals surface area (Å²) in [6, 6.07) is -0.594. The first-order chi connectivity index (χ1) is 6.62. The first-order valence-electron chi connectivity index (χ1n) is 4.46. The average molecular weight is 192 g/mol. The largest absolute Gasteiger partial charge is 0.385 e. The van der Waals surface area contributed by atoms with E-state index in [1.807, 2.05) is 0 Å². The third-order valence-electron chi connectivity index (χ3n) is 2.82. The van der Waals surface area contributed by atoms with Crippen molar-refractivity contribution >= 4 is 11.9 Å². The number of nitrogens with two attached hydrogens (primary N) is 1. The number of hydrogen-bond acceptors (Lipinski definition) is 3. The lowest BCUT2D eigenvalue weighted by atomic mass is 9.89. The fourth-order valence-corrected chi connectivity index (χ4v) is 1.89. The van der Waals surface area contributed by atoms with E-state index in [0.717, 1.165) is 0 Å². The van der Waals surface area contributed by atoms with Crippen LogP contribution in [0.1, 0.15) is 6.92 Å². The highest BCUT2D eigenvalue weighted by Gasteiger charge is 2.54.